The van der Waals surface area contributed by atoms with Crippen molar-refractivity contribution in [2.45, 2.75) is 12.3 Å². The van der Waals surface area contributed by atoms with Crippen LogP contribution in [0.4, 0.5) is 10.2 Å². The summed E-state index contributed by atoms with van der Waals surface area (Å²) < 4.78 is 19.8. The van der Waals surface area contributed by atoms with E-state index in [4.69, 9.17) is 4.74 Å². The van der Waals surface area contributed by atoms with Gasteiger partial charge in [0.2, 0.25) is 5.91 Å². The minimum atomic E-state index is -0.414. The third-order valence-corrected chi connectivity index (χ3v) is 4.61. The fourth-order valence-electron chi connectivity index (χ4n) is 3.29. The Balaban J connectivity index is 1.74. The number of fused-ring (bicyclic) bond motifs is 1. The van der Waals surface area contributed by atoms with Gasteiger partial charge in [0.1, 0.15) is 11.6 Å². The van der Waals surface area contributed by atoms with Gasteiger partial charge in [0.05, 0.1) is 24.6 Å². The molecule has 27 heavy (non-hydrogen) atoms. The van der Waals surface area contributed by atoms with E-state index in [1.165, 1.54) is 23.9 Å². The van der Waals surface area contributed by atoms with Crippen molar-refractivity contribution in [3.8, 4) is 5.69 Å². The lowest BCUT2D eigenvalue weighted by Crippen LogP contribution is -2.24. The largest absolute Gasteiger partial charge is 0.465 e. The van der Waals surface area contributed by atoms with Gasteiger partial charge in [-0.05, 0) is 35.9 Å². The van der Waals surface area contributed by atoms with E-state index in [1.54, 1.807) is 42.6 Å². The van der Waals surface area contributed by atoms with E-state index in [9.17, 15) is 14.0 Å². The molecule has 6 nitrogen and oxygen atoms in total. The Bertz CT molecular complexity index is 1030. The summed E-state index contributed by atoms with van der Waals surface area (Å²) >= 11 is 0. The number of esters is 1. The molecule has 3 aromatic rings. The number of amides is 1. The molecule has 2 aromatic carbocycles. The van der Waals surface area contributed by atoms with E-state index in [1.807, 2.05) is 0 Å². The summed E-state index contributed by atoms with van der Waals surface area (Å²) in [6.07, 6.45) is 1.94. The number of halogens is 1. The first kappa shape index (κ1) is 17.0. The van der Waals surface area contributed by atoms with Gasteiger partial charge in [-0.1, -0.05) is 18.2 Å². The van der Waals surface area contributed by atoms with Crippen LogP contribution in [0.2, 0.25) is 0 Å². The number of nitrogens with one attached hydrogen (secondary N) is 1. The second kappa shape index (κ2) is 6.68. The van der Waals surface area contributed by atoms with Crippen LogP contribution in [0.25, 0.3) is 5.69 Å². The first-order valence-electron chi connectivity index (χ1n) is 8.39. The Morgan fingerprint density at radius 2 is 2.04 bits per heavy atom. The van der Waals surface area contributed by atoms with Crippen molar-refractivity contribution in [3.63, 3.8) is 0 Å². The Morgan fingerprint density at radius 3 is 2.74 bits per heavy atom. The molecule has 0 spiro atoms. The topological polar surface area (TPSA) is 73.2 Å². The van der Waals surface area contributed by atoms with Crippen LogP contribution in [0.3, 0.4) is 0 Å². The number of ether oxygens (including phenoxy) is 1. The summed E-state index contributed by atoms with van der Waals surface area (Å²) in [6, 6.07) is 13.0. The number of methoxy groups -OCH3 is 1. The molecule has 0 saturated heterocycles. The maximum absolute atomic E-state index is 13.6. The molecule has 0 radical (unpaired) electrons. The summed E-state index contributed by atoms with van der Waals surface area (Å²) in [7, 11) is 1.33. The number of hydrogen-bond acceptors (Lipinski definition) is 4. The minimum Gasteiger partial charge on any atom is -0.465 e. The summed E-state index contributed by atoms with van der Waals surface area (Å²) in [5.74, 6) is -0.624. The normalized spacial score (nSPS) is 15.8. The van der Waals surface area contributed by atoms with Crippen molar-refractivity contribution < 1.29 is 18.7 Å². The molecular formula is C20H16FN3O3. The molecule has 0 bridgehead atoms. The van der Waals surface area contributed by atoms with Crippen molar-refractivity contribution in [3.05, 3.63) is 77.2 Å². The molecule has 0 aliphatic carbocycles. The highest BCUT2D eigenvalue weighted by Crippen LogP contribution is 2.38. The second-order valence-corrected chi connectivity index (χ2v) is 6.26. The zero-order valence-corrected chi connectivity index (χ0v) is 14.5. The molecule has 1 amide bonds. The van der Waals surface area contributed by atoms with E-state index in [0.29, 0.717) is 17.1 Å². The smallest absolute Gasteiger partial charge is 0.337 e. The number of anilines is 1. The SMILES string of the molecule is COC(=O)c1ccc([C@H]2CC(=O)Nc3c2cnn3-c2cccc(F)c2)cc1. The molecule has 1 atom stereocenters. The van der Waals surface area contributed by atoms with Gasteiger partial charge < -0.3 is 10.1 Å². The van der Waals surface area contributed by atoms with Crippen molar-refractivity contribution in [2.24, 2.45) is 0 Å². The molecule has 1 aliphatic rings. The van der Waals surface area contributed by atoms with Gasteiger partial charge >= 0.3 is 5.97 Å². The van der Waals surface area contributed by atoms with Crippen LogP contribution < -0.4 is 5.32 Å². The summed E-state index contributed by atoms with van der Waals surface area (Å²) in [5.41, 5.74) is 2.69. The van der Waals surface area contributed by atoms with Crippen LogP contribution in [0, 0.1) is 5.82 Å². The van der Waals surface area contributed by atoms with Crippen molar-refractivity contribution in [2.75, 3.05) is 12.4 Å². The highest BCUT2D eigenvalue weighted by molar-refractivity contribution is 5.95. The quantitative estimate of drug-likeness (QED) is 0.723. The molecule has 0 fully saturated rings. The fourth-order valence-corrected chi connectivity index (χ4v) is 3.29. The average Bonchev–Trinajstić information content (AvgIpc) is 3.10. The van der Waals surface area contributed by atoms with E-state index >= 15 is 0 Å². The summed E-state index contributed by atoms with van der Waals surface area (Å²) in [6.45, 7) is 0. The van der Waals surface area contributed by atoms with Gasteiger partial charge in [0.15, 0.2) is 0 Å². The predicted octanol–water partition coefficient (Wildman–Crippen LogP) is 3.27. The Labute approximate surface area is 154 Å². The monoisotopic (exact) mass is 365 g/mol. The number of nitrogens with zero attached hydrogens (tertiary/aromatic N) is 2. The third-order valence-electron chi connectivity index (χ3n) is 4.61. The number of benzene rings is 2. The minimum absolute atomic E-state index is 0.150. The van der Waals surface area contributed by atoms with Gasteiger partial charge in [0, 0.05) is 17.9 Å². The maximum Gasteiger partial charge on any atom is 0.337 e. The highest BCUT2D eigenvalue weighted by Gasteiger charge is 2.30. The van der Waals surface area contributed by atoms with Crippen LogP contribution in [-0.4, -0.2) is 28.8 Å². The lowest BCUT2D eigenvalue weighted by Gasteiger charge is -2.24. The van der Waals surface area contributed by atoms with Gasteiger partial charge in [-0.25, -0.2) is 13.9 Å². The van der Waals surface area contributed by atoms with Crippen LogP contribution in [0.1, 0.15) is 33.8 Å². The number of hydrogen-bond donors (Lipinski definition) is 1. The molecule has 1 N–H and O–H groups in total. The third kappa shape index (κ3) is 3.08. The predicted molar refractivity (Wildman–Crippen MR) is 96.4 cm³/mol. The zero-order valence-electron chi connectivity index (χ0n) is 14.5. The molecule has 1 aliphatic heterocycles. The number of rotatable bonds is 3. The lowest BCUT2D eigenvalue weighted by atomic mass is 9.87. The van der Waals surface area contributed by atoms with Gasteiger partial charge in [-0.2, -0.15) is 5.10 Å². The van der Waals surface area contributed by atoms with Gasteiger partial charge in [-0.15, -0.1) is 0 Å². The Morgan fingerprint density at radius 1 is 1.26 bits per heavy atom. The van der Waals surface area contributed by atoms with Gasteiger partial charge in [0.25, 0.3) is 0 Å². The first-order valence-corrected chi connectivity index (χ1v) is 8.39. The van der Waals surface area contributed by atoms with Crippen LogP contribution >= 0.6 is 0 Å². The second-order valence-electron chi connectivity index (χ2n) is 6.26. The molecule has 136 valence electrons. The standard InChI is InChI=1S/C20H16FN3O3/c1-27-20(26)13-7-5-12(6-8-13)16-10-18(25)23-19-17(16)11-22-24(19)15-4-2-3-14(21)9-15/h2-9,11,16H,10H2,1H3,(H,23,25)/t16-/m1/s1. The van der Waals surface area contributed by atoms with E-state index < -0.39 is 5.97 Å². The molecule has 0 unspecified atom stereocenters. The van der Waals surface area contributed by atoms with Crippen LogP contribution in [-0.2, 0) is 9.53 Å². The summed E-state index contributed by atoms with van der Waals surface area (Å²) in [5, 5.41) is 7.17. The van der Waals surface area contributed by atoms with E-state index in [0.717, 1.165) is 11.1 Å². The molecule has 1 aromatic heterocycles. The highest BCUT2D eigenvalue weighted by atomic mass is 19.1. The Hall–Kier alpha value is -3.48. The van der Waals surface area contributed by atoms with Crippen molar-refractivity contribution >= 4 is 17.7 Å². The first-order chi connectivity index (χ1) is 13.1. The van der Waals surface area contributed by atoms with E-state index in [-0.39, 0.29) is 24.1 Å². The molecule has 2 heterocycles. The van der Waals surface area contributed by atoms with Crippen molar-refractivity contribution in [1.29, 1.82) is 0 Å². The summed E-state index contributed by atoms with van der Waals surface area (Å²) in [4.78, 5) is 23.9. The van der Waals surface area contributed by atoms with Crippen LogP contribution in [0.15, 0.2) is 54.7 Å². The molecule has 4 rings (SSSR count). The number of aromatic nitrogens is 2. The van der Waals surface area contributed by atoms with Gasteiger partial charge in [-0.3, -0.25) is 4.79 Å². The maximum atomic E-state index is 13.6. The zero-order chi connectivity index (χ0) is 19.0. The Kier molecular flexibility index (Phi) is 4.19. The molecule has 7 heteroatoms. The lowest BCUT2D eigenvalue weighted by molar-refractivity contribution is -0.116. The number of carbonyl (C=O) groups excluding carboxylic acids is 2. The molecule has 0 saturated carbocycles. The van der Waals surface area contributed by atoms with Crippen LogP contribution in [0.5, 0.6) is 0 Å². The number of carbonyl (C=O) groups is 2. The molecular weight excluding hydrogens is 349 g/mol. The average molecular weight is 365 g/mol. The van der Waals surface area contributed by atoms with E-state index in [2.05, 4.69) is 10.4 Å². The fraction of sp³-hybridized carbons (Fsp3) is 0.150. The van der Waals surface area contributed by atoms with Crippen molar-refractivity contribution in [1.82, 2.24) is 9.78 Å².